The van der Waals surface area contributed by atoms with Crippen LogP contribution in [-0.2, 0) is 0 Å². The Hall–Kier alpha value is -6.12. The lowest BCUT2D eigenvalue weighted by Gasteiger charge is -2.19. The molecule has 10 rings (SSSR count). The molecule has 10 aromatic rings. The van der Waals surface area contributed by atoms with Crippen LogP contribution in [0.2, 0.25) is 0 Å². The minimum Gasteiger partial charge on any atom is -0.237 e. The number of hydrogen-bond donors (Lipinski definition) is 0. The second kappa shape index (κ2) is 11.3. The molecular weight excluding hydrogens is 581 g/mol. The van der Waals surface area contributed by atoms with Crippen molar-refractivity contribution in [2.24, 2.45) is 0 Å². The Morgan fingerprint density at radius 2 is 0.750 bits per heavy atom. The number of benzene rings is 9. The molecule has 226 valence electrons. The fraction of sp³-hybridized carbons (Fsp3) is 0.0435. The quantitative estimate of drug-likeness (QED) is 0.147. The summed E-state index contributed by atoms with van der Waals surface area (Å²) in [5.74, 6) is 0.746. The molecule has 0 aliphatic heterocycles. The van der Waals surface area contributed by atoms with Gasteiger partial charge in [-0.3, -0.25) is 0 Å². The Kier molecular flexibility index (Phi) is 6.62. The zero-order valence-electron chi connectivity index (χ0n) is 26.9. The maximum absolute atomic E-state index is 4.69. The van der Waals surface area contributed by atoms with E-state index in [1.54, 1.807) is 0 Å². The van der Waals surface area contributed by atoms with Crippen molar-refractivity contribution in [3.63, 3.8) is 0 Å². The molecule has 1 heterocycles. The molecule has 0 aliphatic carbocycles. The van der Waals surface area contributed by atoms with Crippen molar-refractivity contribution in [1.82, 2.24) is 9.97 Å². The van der Waals surface area contributed by atoms with Crippen LogP contribution in [0, 0.1) is 0 Å². The molecule has 0 atom stereocenters. The van der Waals surface area contributed by atoms with E-state index in [-0.39, 0.29) is 0 Å². The Balaban J connectivity index is 0.00000154. The van der Waals surface area contributed by atoms with Crippen molar-refractivity contribution in [2.45, 2.75) is 13.8 Å². The summed E-state index contributed by atoms with van der Waals surface area (Å²) in [6, 6.07) is 53.1. The van der Waals surface area contributed by atoms with E-state index in [9.17, 15) is 0 Å². The Labute approximate surface area is 279 Å². The van der Waals surface area contributed by atoms with Crippen molar-refractivity contribution < 1.29 is 0 Å². The molecule has 48 heavy (non-hydrogen) atoms. The van der Waals surface area contributed by atoms with Gasteiger partial charge < -0.3 is 0 Å². The smallest absolute Gasteiger partial charge is 0.160 e. The first-order valence-electron chi connectivity index (χ1n) is 16.7. The zero-order valence-corrected chi connectivity index (χ0v) is 26.9. The van der Waals surface area contributed by atoms with Gasteiger partial charge in [-0.05, 0) is 93.0 Å². The van der Waals surface area contributed by atoms with E-state index < -0.39 is 0 Å². The van der Waals surface area contributed by atoms with Gasteiger partial charge in [0.2, 0.25) is 0 Å². The molecule has 9 aromatic carbocycles. The predicted octanol–water partition coefficient (Wildman–Crippen LogP) is 12.9. The summed E-state index contributed by atoms with van der Waals surface area (Å²) in [6.45, 7) is 4.00. The van der Waals surface area contributed by atoms with Gasteiger partial charge in [0.1, 0.15) is 0 Å². The summed E-state index contributed by atoms with van der Waals surface area (Å²) >= 11 is 0. The van der Waals surface area contributed by atoms with Crippen LogP contribution in [0.5, 0.6) is 0 Å². The molecule has 0 amide bonds. The van der Waals surface area contributed by atoms with Gasteiger partial charge in [-0.1, -0.05) is 153 Å². The van der Waals surface area contributed by atoms with Crippen LogP contribution >= 0.6 is 0 Å². The van der Waals surface area contributed by atoms with Gasteiger partial charge in [-0.25, -0.2) is 9.97 Å². The second-order valence-corrected chi connectivity index (χ2v) is 12.1. The van der Waals surface area contributed by atoms with Gasteiger partial charge in [-0.15, -0.1) is 0 Å². The van der Waals surface area contributed by atoms with E-state index >= 15 is 0 Å². The summed E-state index contributed by atoms with van der Waals surface area (Å²) < 4.78 is 0. The summed E-state index contributed by atoms with van der Waals surface area (Å²) in [7, 11) is 0. The van der Waals surface area contributed by atoms with Crippen LogP contribution in [0.3, 0.4) is 0 Å². The fourth-order valence-electron chi connectivity index (χ4n) is 7.81. The maximum Gasteiger partial charge on any atom is 0.160 e. The molecule has 0 bridgehead atoms. The first-order chi connectivity index (χ1) is 23.8. The van der Waals surface area contributed by atoms with Crippen LogP contribution in [0.4, 0.5) is 0 Å². The normalized spacial score (nSPS) is 11.5. The lowest BCUT2D eigenvalue weighted by molar-refractivity contribution is 1.18. The van der Waals surface area contributed by atoms with Gasteiger partial charge in [0.25, 0.3) is 0 Å². The summed E-state index contributed by atoms with van der Waals surface area (Å²) in [5.41, 5.74) is 6.05. The topological polar surface area (TPSA) is 25.8 Å². The van der Waals surface area contributed by atoms with Crippen molar-refractivity contribution in [1.29, 1.82) is 0 Å². The Bertz CT molecular complexity index is 2720. The van der Waals surface area contributed by atoms with E-state index in [1.165, 1.54) is 76.1 Å². The van der Waals surface area contributed by atoms with E-state index in [0.717, 1.165) is 22.2 Å². The van der Waals surface area contributed by atoms with Crippen molar-refractivity contribution >= 4 is 64.6 Å². The molecule has 0 saturated carbocycles. The van der Waals surface area contributed by atoms with Gasteiger partial charge in [-0.2, -0.15) is 0 Å². The highest BCUT2D eigenvalue weighted by molar-refractivity contribution is 6.27. The first-order valence-corrected chi connectivity index (χ1v) is 16.7. The highest BCUT2D eigenvalue weighted by atomic mass is 14.9. The Morgan fingerprint density at radius 3 is 1.38 bits per heavy atom. The number of aromatic nitrogens is 2. The fourth-order valence-corrected chi connectivity index (χ4v) is 7.81. The standard InChI is InChI=1S/C44H26N2.C2H6/c1-2-12-31-30(11-1)32(33-21-19-29-18-17-27-9-7-10-28-20-22-38(33)41(29)40(27)28)23-24-39(31)42-34-13-3-5-15-36(34)43(44-45-25-8-26-46-44)37-16-6-4-14-35(37)42;1-2/h1-26H;1-2H3. The van der Waals surface area contributed by atoms with Crippen LogP contribution in [0.1, 0.15) is 13.8 Å². The van der Waals surface area contributed by atoms with Crippen molar-refractivity contribution in [3.05, 3.63) is 158 Å². The Morgan fingerprint density at radius 1 is 0.312 bits per heavy atom. The molecule has 0 radical (unpaired) electrons. The average molecular weight is 613 g/mol. The number of rotatable bonds is 3. The SMILES string of the molecule is CC.c1cnc(-c2c3ccccc3c(-c3ccc(-c4ccc5ccc6cccc7ccc4c5c67)c4ccccc34)c3ccccc23)nc1. The van der Waals surface area contributed by atoms with Crippen LogP contribution in [0.25, 0.3) is 98.3 Å². The number of fused-ring (bicyclic) bond motifs is 3. The van der Waals surface area contributed by atoms with Crippen LogP contribution < -0.4 is 0 Å². The summed E-state index contributed by atoms with van der Waals surface area (Å²) in [4.78, 5) is 9.38. The van der Waals surface area contributed by atoms with E-state index in [0.29, 0.717) is 0 Å². The van der Waals surface area contributed by atoms with E-state index in [1.807, 2.05) is 32.3 Å². The zero-order chi connectivity index (χ0) is 32.2. The van der Waals surface area contributed by atoms with Gasteiger partial charge >= 0.3 is 0 Å². The molecule has 0 N–H and O–H groups in total. The van der Waals surface area contributed by atoms with Gasteiger partial charge in [0.15, 0.2) is 5.82 Å². The molecule has 0 aliphatic rings. The summed E-state index contributed by atoms with van der Waals surface area (Å²) in [5, 5.41) is 15.0. The molecule has 1 aromatic heterocycles. The molecular formula is C46H32N2. The number of hydrogen-bond acceptors (Lipinski definition) is 2. The molecule has 2 nitrogen and oxygen atoms in total. The third-order valence-electron chi connectivity index (χ3n) is 9.73. The first kappa shape index (κ1) is 28.1. The average Bonchev–Trinajstić information content (AvgIpc) is 3.17. The predicted molar refractivity (Wildman–Crippen MR) is 206 cm³/mol. The third-order valence-corrected chi connectivity index (χ3v) is 9.73. The lowest BCUT2D eigenvalue weighted by atomic mass is 9.84. The van der Waals surface area contributed by atoms with Gasteiger partial charge in [0, 0.05) is 18.0 Å². The molecule has 0 unspecified atom stereocenters. The lowest BCUT2D eigenvalue weighted by Crippen LogP contribution is -1.95. The van der Waals surface area contributed by atoms with Gasteiger partial charge in [0.05, 0.1) is 0 Å². The minimum atomic E-state index is 0.746. The van der Waals surface area contributed by atoms with Crippen LogP contribution in [-0.4, -0.2) is 9.97 Å². The highest BCUT2D eigenvalue weighted by Crippen LogP contribution is 2.47. The number of nitrogens with zero attached hydrogens (tertiary/aromatic N) is 2. The molecule has 2 heteroatoms. The van der Waals surface area contributed by atoms with E-state index in [4.69, 9.17) is 9.97 Å². The summed E-state index contributed by atoms with van der Waals surface area (Å²) in [6.07, 6.45) is 3.65. The molecule has 0 fully saturated rings. The van der Waals surface area contributed by atoms with Crippen LogP contribution in [0.15, 0.2) is 158 Å². The third kappa shape index (κ3) is 4.13. The molecule has 0 spiro atoms. The van der Waals surface area contributed by atoms with Crippen molar-refractivity contribution in [3.8, 4) is 33.6 Å². The van der Waals surface area contributed by atoms with Crippen molar-refractivity contribution in [2.75, 3.05) is 0 Å². The monoisotopic (exact) mass is 612 g/mol. The molecule has 0 saturated heterocycles. The minimum absolute atomic E-state index is 0.746. The second-order valence-electron chi connectivity index (χ2n) is 12.1. The highest BCUT2D eigenvalue weighted by Gasteiger charge is 2.20. The van der Waals surface area contributed by atoms with E-state index in [2.05, 4.69) is 140 Å². The largest absolute Gasteiger partial charge is 0.237 e. The maximum atomic E-state index is 4.69.